The van der Waals surface area contributed by atoms with Crippen LogP contribution in [0.3, 0.4) is 0 Å². The summed E-state index contributed by atoms with van der Waals surface area (Å²) in [6.45, 7) is 8.22. The SMILES string of the molecule is CCN1CCC(COc2cncc(N3CCOC(c4ccc(OC)c(C(=O)O)c4)C3)c2)CC1. The maximum Gasteiger partial charge on any atom is 0.339 e. The van der Waals surface area contributed by atoms with Gasteiger partial charge in [0.15, 0.2) is 0 Å². The Morgan fingerprint density at radius 2 is 2.03 bits per heavy atom. The summed E-state index contributed by atoms with van der Waals surface area (Å²) in [6.07, 6.45) is 5.71. The Labute approximate surface area is 195 Å². The Kier molecular flexibility index (Phi) is 7.67. The number of rotatable bonds is 8. The topological polar surface area (TPSA) is 84.4 Å². The maximum absolute atomic E-state index is 11.6. The minimum atomic E-state index is -1.02. The quantitative estimate of drug-likeness (QED) is 0.648. The number of carbonyl (C=O) groups is 1. The molecule has 3 heterocycles. The number of carboxylic acid groups (broad SMARTS) is 1. The molecule has 0 saturated carbocycles. The average molecular weight is 456 g/mol. The van der Waals surface area contributed by atoms with Crippen molar-refractivity contribution in [2.45, 2.75) is 25.9 Å². The van der Waals surface area contributed by atoms with Crippen molar-refractivity contribution in [1.29, 1.82) is 0 Å². The van der Waals surface area contributed by atoms with Crippen LogP contribution in [0.1, 0.15) is 41.8 Å². The van der Waals surface area contributed by atoms with Crippen molar-refractivity contribution < 1.29 is 24.1 Å². The molecule has 2 saturated heterocycles. The zero-order chi connectivity index (χ0) is 23.2. The predicted octanol–water partition coefficient (Wildman–Crippen LogP) is 3.48. The van der Waals surface area contributed by atoms with Crippen molar-refractivity contribution in [3.63, 3.8) is 0 Å². The lowest BCUT2D eigenvalue weighted by molar-refractivity contribution is 0.0396. The first-order valence-electron chi connectivity index (χ1n) is 11.6. The third kappa shape index (κ3) is 5.75. The molecular formula is C25H33N3O5. The van der Waals surface area contributed by atoms with Crippen molar-refractivity contribution in [3.8, 4) is 11.5 Å². The molecule has 178 valence electrons. The number of likely N-dealkylation sites (tertiary alicyclic amines) is 1. The number of morpholine rings is 1. The number of hydrogen-bond acceptors (Lipinski definition) is 7. The highest BCUT2D eigenvalue weighted by atomic mass is 16.5. The van der Waals surface area contributed by atoms with Gasteiger partial charge in [0.2, 0.25) is 0 Å². The summed E-state index contributed by atoms with van der Waals surface area (Å²) >= 11 is 0. The molecule has 1 aromatic carbocycles. The number of carboxylic acids is 1. The van der Waals surface area contributed by atoms with E-state index in [2.05, 4.69) is 21.7 Å². The average Bonchev–Trinajstić information content (AvgIpc) is 2.87. The third-order valence-electron chi connectivity index (χ3n) is 6.60. The van der Waals surface area contributed by atoms with Gasteiger partial charge in [-0.05, 0) is 56.1 Å². The minimum absolute atomic E-state index is 0.137. The van der Waals surface area contributed by atoms with Gasteiger partial charge in [0.25, 0.3) is 0 Å². The number of pyridine rings is 1. The van der Waals surface area contributed by atoms with Gasteiger partial charge in [-0.25, -0.2) is 4.79 Å². The molecule has 1 N–H and O–H groups in total. The van der Waals surface area contributed by atoms with Crippen molar-refractivity contribution >= 4 is 11.7 Å². The fourth-order valence-corrected chi connectivity index (χ4v) is 4.52. The molecule has 0 aliphatic carbocycles. The zero-order valence-electron chi connectivity index (χ0n) is 19.4. The second kappa shape index (κ2) is 10.9. The highest BCUT2D eigenvalue weighted by Crippen LogP contribution is 2.30. The summed E-state index contributed by atoms with van der Waals surface area (Å²) in [6, 6.07) is 7.22. The van der Waals surface area contributed by atoms with Crippen LogP contribution in [0.4, 0.5) is 5.69 Å². The van der Waals surface area contributed by atoms with Gasteiger partial charge in [0, 0.05) is 19.2 Å². The van der Waals surface area contributed by atoms with E-state index in [-0.39, 0.29) is 11.7 Å². The first kappa shape index (κ1) is 23.3. The van der Waals surface area contributed by atoms with Crippen LogP contribution in [0.5, 0.6) is 11.5 Å². The molecule has 33 heavy (non-hydrogen) atoms. The van der Waals surface area contributed by atoms with Gasteiger partial charge in [-0.3, -0.25) is 4.98 Å². The van der Waals surface area contributed by atoms with E-state index < -0.39 is 5.97 Å². The summed E-state index contributed by atoms with van der Waals surface area (Å²) < 4.78 is 17.2. The van der Waals surface area contributed by atoms with Crippen molar-refractivity contribution in [1.82, 2.24) is 9.88 Å². The van der Waals surface area contributed by atoms with E-state index in [1.165, 1.54) is 20.0 Å². The van der Waals surface area contributed by atoms with E-state index in [1.54, 1.807) is 18.3 Å². The van der Waals surface area contributed by atoms with Gasteiger partial charge in [-0.15, -0.1) is 0 Å². The monoisotopic (exact) mass is 455 g/mol. The molecule has 2 aliphatic heterocycles. The largest absolute Gasteiger partial charge is 0.496 e. The Hall–Kier alpha value is -2.84. The number of aromatic carboxylic acids is 1. The number of benzene rings is 1. The highest BCUT2D eigenvalue weighted by molar-refractivity contribution is 5.91. The number of hydrogen-bond donors (Lipinski definition) is 1. The van der Waals surface area contributed by atoms with Gasteiger partial charge in [-0.1, -0.05) is 13.0 Å². The predicted molar refractivity (Wildman–Crippen MR) is 125 cm³/mol. The Balaban J connectivity index is 1.39. The Morgan fingerprint density at radius 1 is 1.21 bits per heavy atom. The third-order valence-corrected chi connectivity index (χ3v) is 6.60. The Morgan fingerprint density at radius 3 is 2.76 bits per heavy atom. The molecular weight excluding hydrogens is 422 g/mol. The van der Waals surface area contributed by atoms with Crippen LogP contribution >= 0.6 is 0 Å². The summed E-state index contributed by atoms with van der Waals surface area (Å²) in [5.41, 5.74) is 1.93. The maximum atomic E-state index is 11.6. The first-order valence-corrected chi connectivity index (χ1v) is 11.6. The van der Waals surface area contributed by atoms with E-state index in [0.717, 1.165) is 49.8 Å². The molecule has 1 atom stereocenters. The number of methoxy groups -OCH3 is 1. The van der Waals surface area contributed by atoms with Crippen LogP contribution < -0.4 is 14.4 Å². The standard InChI is InChI=1S/C25H33N3O5/c1-3-27-8-6-18(7-9-27)17-33-21-13-20(14-26-15-21)28-10-11-32-24(16-28)19-4-5-23(31-2)22(12-19)25(29)30/h4-5,12-15,18,24H,3,6-11,16-17H2,1-2H3,(H,29,30). The van der Waals surface area contributed by atoms with Gasteiger partial charge < -0.3 is 29.1 Å². The number of ether oxygens (including phenoxy) is 3. The molecule has 0 bridgehead atoms. The highest BCUT2D eigenvalue weighted by Gasteiger charge is 2.25. The van der Waals surface area contributed by atoms with Crippen LogP contribution in [0, 0.1) is 5.92 Å². The van der Waals surface area contributed by atoms with Crippen molar-refractivity contribution in [2.75, 3.05) is 57.9 Å². The van der Waals surface area contributed by atoms with E-state index in [1.807, 2.05) is 18.3 Å². The molecule has 4 rings (SSSR count). The molecule has 0 radical (unpaired) electrons. The molecule has 2 aliphatic rings. The first-order chi connectivity index (χ1) is 16.1. The molecule has 1 aromatic heterocycles. The Bertz CT molecular complexity index is 945. The molecule has 8 heteroatoms. The number of piperidine rings is 1. The van der Waals surface area contributed by atoms with E-state index in [0.29, 0.717) is 24.8 Å². The molecule has 1 unspecified atom stereocenters. The number of anilines is 1. The van der Waals surface area contributed by atoms with E-state index >= 15 is 0 Å². The summed E-state index contributed by atoms with van der Waals surface area (Å²) in [5.74, 6) is 0.693. The molecule has 2 aromatic rings. The molecule has 0 spiro atoms. The van der Waals surface area contributed by atoms with Gasteiger partial charge >= 0.3 is 5.97 Å². The fourth-order valence-electron chi connectivity index (χ4n) is 4.52. The van der Waals surface area contributed by atoms with Crippen LogP contribution in [0.15, 0.2) is 36.7 Å². The number of aromatic nitrogens is 1. The lowest BCUT2D eigenvalue weighted by atomic mass is 9.98. The summed E-state index contributed by atoms with van der Waals surface area (Å²) in [5, 5.41) is 9.49. The minimum Gasteiger partial charge on any atom is -0.496 e. The van der Waals surface area contributed by atoms with Crippen LogP contribution in [-0.2, 0) is 4.74 Å². The molecule has 8 nitrogen and oxygen atoms in total. The van der Waals surface area contributed by atoms with Gasteiger partial charge in [-0.2, -0.15) is 0 Å². The van der Waals surface area contributed by atoms with Gasteiger partial charge in [0.05, 0.1) is 38.4 Å². The second-order valence-electron chi connectivity index (χ2n) is 8.64. The van der Waals surface area contributed by atoms with Crippen LogP contribution in [0.2, 0.25) is 0 Å². The van der Waals surface area contributed by atoms with Crippen LogP contribution in [0.25, 0.3) is 0 Å². The van der Waals surface area contributed by atoms with Gasteiger partial charge in [0.1, 0.15) is 23.2 Å². The number of nitrogens with zero attached hydrogens (tertiary/aromatic N) is 3. The van der Waals surface area contributed by atoms with E-state index in [9.17, 15) is 9.90 Å². The van der Waals surface area contributed by atoms with Crippen LogP contribution in [-0.4, -0.2) is 74.0 Å². The summed E-state index contributed by atoms with van der Waals surface area (Å²) in [4.78, 5) is 20.7. The molecule has 0 amide bonds. The van der Waals surface area contributed by atoms with Crippen molar-refractivity contribution in [3.05, 3.63) is 47.8 Å². The van der Waals surface area contributed by atoms with Crippen molar-refractivity contribution in [2.24, 2.45) is 5.92 Å². The normalized spacial score (nSPS) is 19.9. The van der Waals surface area contributed by atoms with E-state index in [4.69, 9.17) is 14.2 Å². The molecule has 2 fully saturated rings. The second-order valence-corrected chi connectivity index (χ2v) is 8.64. The zero-order valence-corrected chi connectivity index (χ0v) is 19.4. The fraction of sp³-hybridized carbons (Fsp3) is 0.520. The lowest BCUT2D eigenvalue weighted by Gasteiger charge is -2.35. The lowest BCUT2D eigenvalue weighted by Crippen LogP contribution is -2.38. The smallest absolute Gasteiger partial charge is 0.339 e. The summed E-state index contributed by atoms with van der Waals surface area (Å²) in [7, 11) is 1.47.